The van der Waals surface area contributed by atoms with Crippen LogP contribution in [0.15, 0.2) is 12.3 Å². The van der Waals surface area contributed by atoms with Gasteiger partial charge in [0.2, 0.25) is 0 Å². The Morgan fingerprint density at radius 2 is 2.32 bits per heavy atom. The highest BCUT2D eigenvalue weighted by atomic mass is 16.4. The van der Waals surface area contributed by atoms with E-state index in [1.54, 1.807) is 13.1 Å². The number of nitrogens with one attached hydrogen (secondary N) is 1. The number of amides is 1. The van der Waals surface area contributed by atoms with E-state index >= 15 is 0 Å². The fourth-order valence-corrected chi connectivity index (χ4v) is 2.79. The Bertz CT molecular complexity index is 497. The van der Waals surface area contributed by atoms with Crippen molar-refractivity contribution in [1.29, 1.82) is 0 Å². The SMILES string of the molecule is CC1CCCC(NC(=O)c2ccnn2C)(C(=O)O)C1. The first-order valence-electron chi connectivity index (χ1n) is 6.48. The highest BCUT2D eigenvalue weighted by Crippen LogP contribution is 2.32. The van der Waals surface area contributed by atoms with Crippen LogP contribution in [0.1, 0.15) is 43.1 Å². The molecule has 2 unspecified atom stereocenters. The number of carboxylic acids is 1. The molecule has 1 saturated carbocycles. The van der Waals surface area contributed by atoms with Gasteiger partial charge in [-0.2, -0.15) is 5.10 Å². The third-order valence-electron chi connectivity index (χ3n) is 3.81. The van der Waals surface area contributed by atoms with Crippen molar-refractivity contribution < 1.29 is 14.7 Å². The topological polar surface area (TPSA) is 84.2 Å². The summed E-state index contributed by atoms with van der Waals surface area (Å²) < 4.78 is 1.44. The van der Waals surface area contributed by atoms with E-state index in [-0.39, 0.29) is 5.91 Å². The Kier molecular flexibility index (Phi) is 3.59. The molecule has 0 saturated heterocycles. The van der Waals surface area contributed by atoms with E-state index in [4.69, 9.17) is 0 Å². The van der Waals surface area contributed by atoms with Gasteiger partial charge in [-0.25, -0.2) is 4.79 Å². The molecule has 1 fully saturated rings. The standard InChI is InChI=1S/C13H19N3O3/c1-9-4-3-6-13(8-9,12(18)19)15-11(17)10-5-7-14-16(10)2/h5,7,9H,3-4,6,8H2,1-2H3,(H,15,17)(H,18,19). The summed E-state index contributed by atoms with van der Waals surface area (Å²) in [6, 6.07) is 1.58. The number of carboxylic acid groups (broad SMARTS) is 1. The fraction of sp³-hybridized carbons (Fsp3) is 0.615. The average molecular weight is 265 g/mol. The monoisotopic (exact) mass is 265 g/mol. The first kappa shape index (κ1) is 13.6. The molecule has 1 aliphatic rings. The summed E-state index contributed by atoms with van der Waals surface area (Å²) in [5.74, 6) is -1.03. The second-order valence-electron chi connectivity index (χ2n) is 5.38. The van der Waals surface area contributed by atoms with E-state index in [1.807, 2.05) is 6.92 Å². The van der Waals surface area contributed by atoms with E-state index in [0.717, 1.165) is 12.8 Å². The highest BCUT2D eigenvalue weighted by molar-refractivity contribution is 5.96. The molecule has 0 radical (unpaired) electrons. The molecule has 1 aliphatic carbocycles. The summed E-state index contributed by atoms with van der Waals surface area (Å²) in [6.07, 6.45) is 4.31. The molecule has 0 bridgehead atoms. The largest absolute Gasteiger partial charge is 0.480 e. The number of hydrogen-bond donors (Lipinski definition) is 2. The summed E-state index contributed by atoms with van der Waals surface area (Å²) in [5, 5.41) is 16.1. The van der Waals surface area contributed by atoms with Crippen LogP contribution in [0.4, 0.5) is 0 Å². The molecule has 19 heavy (non-hydrogen) atoms. The Labute approximate surface area is 111 Å². The minimum atomic E-state index is -1.14. The summed E-state index contributed by atoms with van der Waals surface area (Å²) >= 11 is 0. The summed E-state index contributed by atoms with van der Waals surface area (Å²) in [5.41, 5.74) is -0.766. The minimum Gasteiger partial charge on any atom is -0.480 e. The zero-order valence-corrected chi connectivity index (χ0v) is 11.2. The van der Waals surface area contributed by atoms with Crippen LogP contribution in [0.5, 0.6) is 0 Å². The first-order valence-corrected chi connectivity index (χ1v) is 6.48. The van der Waals surface area contributed by atoms with Crippen LogP contribution in [0.2, 0.25) is 0 Å². The second-order valence-corrected chi connectivity index (χ2v) is 5.38. The molecule has 1 aromatic rings. The molecule has 6 heteroatoms. The van der Waals surface area contributed by atoms with Gasteiger partial charge < -0.3 is 10.4 Å². The molecule has 1 aromatic heterocycles. The van der Waals surface area contributed by atoms with Crippen molar-refractivity contribution in [3.05, 3.63) is 18.0 Å². The second kappa shape index (κ2) is 5.03. The van der Waals surface area contributed by atoms with Crippen molar-refractivity contribution in [3.63, 3.8) is 0 Å². The molecule has 2 atom stereocenters. The first-order chi connectivity index (χ1) is 8.94. The van der Waals surface area contributed by atoms with Crippen molar-refractivity contribution >= 4 is 11.9 Å². The number of nitrogens with zero attached hydrogens (tertiary/aromatic N) is 2. The van der Waals surface area contributed by atoms with Crippen LogP contribution in [0, 0.1) is 5.92 Å². The molecule has 0 spiro atoms. The van der Waals surface area contributed by atoms with Crippen molar-refractivity contribution in [2.24, 2.45) is 13.0 Å². The summed E-state index contributed by atoms with van der Waals surface area (Å²) in [7, 11) is 1.66. The van der Waals surface area contributed by atoms with Crippen molar-refractivity contribution in [3.8, 4) is 0 Å². The molecule has 0 aliphatic heterocycles. The molecule has 0 aromatic carbocycles. The van der Waals surface area contributed by atoms with Crippen molar-refractivity contribution in [2.75, 3.05) is 0 Å². The van der Waals surface area contributed by atoms with E-state index in [0.29, 0.717) is 24.5 Å². The fourth-order valence-electron chi connectivity index (χ4n) is 2.79. The predicted molar refractivity (Wildman–Crippen MR) is 68.7 cm³/mol. The molecule has 104 valence electrons. The Hall–Kier alpha value is -1.85. The molecule has 1 amide bonds. The van der Waals surface area contributed by atoms with Gasteiger partial charge in [0.15, 0.2) is 0 Å². The summed E-state index contributed by atoms with van der Waals surface area (Å²) in [6.45, 7) is 2.02. The molecule has 2 rings (SSSR count). The Balaban J connectivity index is 2.20. The minimum absolute atomic E-state index is 0.302. The zero-order chi connectivity index (χ0) is 14.0. The Morgan fingerprint density at radius 3 is 2.84 bits per heavy atom. The van der Waals surface area contributed by atoms with Crippen LogP contribution >= 0.6 is 0 Å². The lowest BCUT2D eigenvalue weighted by atomic mass is 9.76. The number of carbonyl (C=O) groups is 2. The molecule has 1 heterocycles. The van der Waals surface area contributed by atoms with Gasteiger partial charge >= 0.3 is 5.97 Å². The van der Waals surface area contributed by atoms with Gasteiger partial charge in [0, 0.05) is 13.2 Å². The number of aliphatic carboxylic acids is 1. The van der Waals surface area contributed by atoms with Gasteiger partial charge in [-0.15, -0.1) is 0 Å². The quantitative estimate of drug-likeness (QED) is 0.859. The van der Waals surface area contributed by atoms with Gasteiger partial charge in [0.1, 0.15) is 11.2 Å². The average Bonchev–Trinajstić information content (AvgIpc) is 2.75. The molecular weight excluding hydrogens is 246 g/mol. The predicted octanol–water partition coefficient (Wildman–Crippen LogP) is 1.18. The summed E-state index contributed by atoms with van der Waals surface area (Å²) in [4.78, 5) is 23.8. The molecule has 2 N–H and O–H groups in total. The van der Waals surface area contributed by atoms with Gasteiger partial charge in [-0.1, -0.05) is 19.8 Å². The lowest BCUT2D eigenvalue weighted by Crippen LogP contribution is -2.57. The third-order valence-corrected chi connectivity index (χ3v) is 3.81. The van der Waals surface area contributed by atoms with Crippen LogP contribution in [-0.4, -0.2) is 32.3 Å². The van der Waals surface area contributed by atoms with Crippen LogP contribution in [-0.2, 0) is 11.8 Å². The number of hydrogen-bond acceptors (Lipinski definition) is 3. The van der Waals surface area contributed by atoms with Crippen LogP contribution in [0.3, 0.4) is 0 Å². The highest BCUT2D eigenvalue weighted by Gasteiger charge is 2.43. The van der Waals surface area contributed by atoms with E-state index in [9.17, 15) is 14.7 Å². The van der Waals surface area contributed by atoms with E-state index < -0.39 is 11.5 Å². The maximum atomic E-state index is 12.2. The maximum Gasteiger partial charge on any atom is 0.329 e. The lowest BCUT2D eigenvalue weighted by Gasteiger charge is -2.37. The van der Waals surface area contributed by atoms with Gasteiger partial charge in [-0.05, 0) is 24.8 Å². The van der Waals surface area contributed by atoms with Crippen molar-refractivity contribution in [1.82, 2.24) is 15.1 Å². The Morgan fingerprint density at radius 1 is 1.58 bits per heavy atom. The zero-order valence-electron chi connectivity index (χ0n) is 11.2. The van der Waals surface area contributed by atoms with Crippen LogP contribution < -0.4 is 5.32 Å². The number of aryl methyl sites for hydroxylation is 1. The number of carbonyl (C=O) groups excluding carboxylic acids is 1. The normalized spacial score (nSPS) is 26.9. The lowest BCUT2D eigenvalue weighted by molar-refractivity contribution is -0.146. The van der Waals surface area contributed by atoms with Gasteiger partial charge in [0.25, 0.3) is 5.91 Å². The maximum absolute atomic E-state index is 12.2. The van der Waals surface area contributed by atoms with Crippen molar-refractivity contribution in [2.45, 2.75) is 38.1 Å². The van der Waals surface area contributed by atoms with Gasteiger partial charge in [0.05, 0.1) is 0 Å². The van der Waals surface area contributed by atoms with Gasteiger partial charge in [-0.3, -0.25) is 9.48 Å². The molecule has 6 nitrogen and oxygen atoms in total. The molecular formula is C13H19N3O3. The smallest absolute Gasteiger partial charge is 0.329 e. The van der Waals surface area contributed by atoms with E-state index in [1.165, 1.54) is 10.9 Å². The van der Waals surface area contributed by atoms with Crippen LogP contribution in [0.25, 0.3) is 0 Å². The number of aromatic nitrogens is 2. The van der Waals surface area contributed by atoms with E-state index in [2.05, 4.69) is 10.4 Å². The number of rotatable bonds is 3. The third kappa shape index (κ3) is 2.62.